The number of piperidine rings is 1. The quantitative estimate of drug-likeness (QED) is 0.794. The highest BCUT2D eigenvalue weighted by Gasteiger charge is 2.12. The van der Waals surface area contributed by atoms with Crippen LogP contribution in [-0.2, 0) is 6.54 Å². The summed E-state index contributed by atoms with van der Waals surface area (Å²) in [5.74, 6) is 6.09. The summed E-state index contributed by atoms with van der Waals surface area (Å²) in [6, 6.07) is 2.10. The van der Waals surface area contributed by atoms with Crippen molar-refractivity contribution in [1.29, 1.82) is 0 Å². The summed E-state index contributed by atoms with van der Waals surface area (Å²) in [5.41, 5.74) is 6.57. The number of nitrogens with two attached hydrogens (primary N) is 1. The van der Waals surface area contributed by atoms with Crippen LogP contribution in [0.25, 0.3) is 0 Å². The summed E-state index contributed by atoms with van der Waals surface area (Å²) in [5, 5.41) is 2.12. The van der Waals surface area contributed by atoms with Gasteiger partial charge in [-0.25, -0.2) is 0 Å². The molecular weight excluding hydrogens is 216 g/mol. The molecule has 3 heteroatoms. The highest BCUT2D eigenvalue weighted by atomic mass is 32.1. The van der Waals surface area contributed by atoms with Crippen LogP contribution < -0.4 is 5.73 Å². The van der Waals surface area contributed by atoms with Crippen molar-refractivity contribution in [1.82, 2.24) is 4.90 Å². The van der Waals surface area contributed by atoms with Gasteiger partial charge in [0, 0.05) is 17.0 Å². The normalized spacial score (nSPS) is 16.8. The van der Waals surface area contributed by atoms with E-state index in [2.05, 4.69) is 28.2 Å². The molecule has 2 N–H and O–H groups in total. The molecule has 86 valence electrons. The largest absolute Gasteiger partial charge is 0.320 e. The second-order valence-electron chi connectivity index (χ2n) is 4.10. The molecule has 1 aliphatic rings. The SMILES string of the molecule is NCC#Cc1ccsc1CN1CCCCC1. The van der Waals surface area contributed by atoms with Crippen molar-refractivity contribution in [3.05, 3.63) is 21.9 Å². The van der Waals surface area contributed by atoms with E-state index in [0.717, 1.165) is 6.54 Å². The highest BCUT2D eigenvalue weighted by Crippen LogP contribution is 2.20. The van der Waals surface area contributed by atoms with E-state index in [-0.39, 0.29) is 0 Å². The molecule has 1 aromatic rings. The maximum absolute atomic E-state index is 5.40. The molecule has 1 saturated heterocycles. The van der Waals surface area contributed by atoms with Crippen LogP contribution in [0, 0.1) is 11.8 Å². The van der Waals surface area contributed by atoms with E-state index < -0.39 is 0 Å². The molecule has 0 unspecified atom stereocenters. The monoisotopic (exact) mass is 234 g/mol. The first-order chi connectivity index (χ1) is 7.90. The third-order valence-corrected chi connectivity index (χ3v) is 3.79. The van der Waals surface area contributed by atoms with E-state index in [1.54, 1.807) is 0 Å². The number of hydrogen-bond acceptors (Lipinski definition) is 3. The lowest BCUT2D eigenvalue weighted by atomic mass is 10.1. The molecule has 0 radical (unpaired) electrons. The first kappa shape index (κ1) is 11.7. The summed E-state index contributed by atoms with van der Waals surface area (Å²) < 4.78 is 0. The lowest BCUT2D eigenvalue weighted by Crippen LogP contribution is -2.28. The van der Waals surface area contributed by atoms with Crippen molar-refractivity contribution in [3.8, 4) is 11.8 Å². The van der Waals surface area contributed by atoms with Gasteiger partial charge in [0.2, 0.25) is 0 Å². The molecular formula is C13H18N2S. The van der Waals surface area contributed by atoms with Crippen molar-refractivity contribution >= 4 is 11.3 Å². The third kappa shape index (κ3) is 3.08. The van der Waals surface area contributed by atoms with Gasteiger partial charge in [0.15, 0.2) is 0 Å². The van der Waals surface area contributed by atoms with E-state index >= 15 is 0 Å². The van der Waals surface area contributed by atoms with Gasteiger partial charge in [-0.1, -0.05) is 18.3 Å². The van der Waals surface area contributed by atoms with Crippen LogP contribution in [0.5, 0.6) is 0 Å². The molecule has 0 amide bonds. The number of thiophene rings is 1. The smallest absolute Gasteiger partial charge is 0.0555 e. The minimum Gasteiger partial charge on any atom is -0.320 e. The molecule has 2 heterocycles. The minimum atomic E-state index is 0.443. The Morgan fingerprint density at radius 2 is 2.12 bits per heavy atom. The summed E-state index contributed by atoms with van der Waals surface area (Å²) in [6.45, 7) is 3.98. The van der Waals surface area contributed by atoms with E-state index in [9.17, 15) is 0 Å². The predicted molar refractivity (Wildman–Crippen MR) is 69.4 cm³/mol. The van der Waals surface area contributed by atoms with Crippen LogP contribution in [0.4, 0.5) is 0 Å². The molecule has 0 aliphatic carbocycles. The molecule has 1 aliphatic heterocycles. The van der Waals surface area contributed by atoms with E-state index in [1.165, 1.54) is 42.8 Å². The van der Waals surface area contributed by atoms with Crippen LogP contribution in [-0.4, -0.2) is 24.5 Å². The van der Waals surface area contributed by atoms with Gasteiger partial charge < -0.3 is 5.73 Å². The zero-order chi connectivity index (χ0) is 11.2. The predicted octanol–water partition coefficient (Wildman–Crippen LogP) is 2.04. The number of nitrogens with zero attached hydrogens (tertiary/aromatic N) is 1. The van der Waals surface area contributed by atoms with Gasteiger partial charge in [0.05, 0.1) is 6.54 Å². The first-order valence-corrected chi connectivity index (χ1v) is 6.76. The summed E-state index contributed by atoms with van der Waals surface area (Å²) in [7, 11) is 0. The van der Waals surface area contributed by atoms with Crippen LogP contribution in [0.3, 0.4) is 0 Å². The Hall–Kier alpha value is -0.820. The van der Waals surface area contributed by atoms with Crippen LogP contribution >= 0.6 is 11.3 Å². The Kier molecular flexibility index (Phi) is 4.41. The summed E-state index contributed by atoms with van der Waals surface area (Å²) in [4.78, 5) is 3.92. The lowest BCUT2D eigenvalue weighted by molar-refractivity contribution is 0.222. The fourth-order valence-corrected chi connectivity index (χ4v) is 2.91. The minimum absolute atomic E-state index is 0.443. The highest BCUT2D eigenvalue weighted by molar-refractivity contribution is 7.10. The van der Waals surface area contributed by atoms with Gasteiger partial charge in [0.25, 0.3) is 0 Å². The van der Waals surface area contributed by atoms with E-state index in [0.29, 0.717) is 6.54 Å². The lowest BCUT2D eigenvalue weighted by Gasteiger charge is -2.25. The number of rotatable bonds is 2. The van der Waals surface area contributed by atoms with E-state index in [1.807, 2.05) is 11.3 Å². The molecule has 1 fully saturated rings. The van der Waals surface area contributed by atoms with Crippen molar-refractivity contribution in [2.75, 3.05) is 19.6 Å². The zero-order valence-corrected chi connectivity index (χ0v) is 10.4. The van der Waals surface area contributed by atoms with E-state index in [4.69, 9.17) is 5.73 Å². The summed E-state index contributed by atoms with van der Waals surface area (Å²) >= 11 is 1.81. The van der Waals surface area contributed by atoms with Crippen LogP contribution in [0.15, 0.2) is 11.4 Å². The zero-order valence-electron chi connectivity index (χ0n) is 9.54. The molecule has 0 bridgehead atoms. The van der Waals surface area contributed by atoms with Gasteiger partial charge in [-0.15, -0.1) is 11.3 Å². The maximum atomic E-state index is 5.40. The Morgan fingerprint density at radius 1 is 1.31 bits per heavy atom. The number of hydrogen-bond donors (Lipinski definition) is 1. The Balaban J connectivity index is 2.00. The average Bonchev–Trinajstić information content (AvgIpc) is 2.75. The van der Waals surface area contributed by atoms with Gasteiger partial charge >= 0.3 is 0 Å². The average molecular weight is 234 g/mol. The number of likely N-dealkylation sites (tertiary alicyclic amines) is 1. The molecule has 16 heavy (non-hydrogen) atoms. The molecule has 0 saturated carbocycles. The molecule has 0 aromatic carbocycles. The molecule has 0 atom stereocenters. The standard InChI is InChI=1S/C13H18N2S/c14-7-4-5-12-6-10-16-13(12)11-15-8-2-1-3-9-15/h6,10H,1-3,7-9,11,14H2. The molecule has 1 aromatic heterocycles. The van der Waals surface area contributed by atoms with Crippen LogP contribution in [0.1, 0.15) is 29.7 Å². The van der Waals surface area contributed by atoms with Crippen molar-refractivity contribution < 1.29 is 0 Å². The molecule has 2 nitrogen and oxygen atoms in total. The van der Waals surface area contributed by atoms with Crippen molar-refractivity contribution in [3.63, 3.8) is 0 Å². The van der Waals surface area contributed by atoms with Gasteiger partial charge in [-0.2, -0.15) is 0 Å². The fourth-order valence-electron chi connectivity index (χ4n) is 2.04. The maximum Gasteiger partial charge on any atom is 0.0555 e. The summed E-state index contributed by atoms with van der Waals surface area (Å²) in [6.07, 6.45) is 4.07. The van der Waals surface area contributed by atoms with Gasteiger partial charge in [-0.3, -0.25) is 4.90 Å². The van der Waals surface area contributed by atoms with Crippen LogP contribution in [0.2, 0.25) is 0 Å². The van der Waals surface area contributed by atoms with Gasteiger partial charge in [0.1, 0.15) is 0 Å². The second kappa shape index (κ2) is 6.05. The second-order valence-corrected chi connectivity index (χ2v) is 5.10. The topological polar surface area (TPSA) is 29.3 Å². The van der Waals surface area contributed by atoms with Crippen molar-refractivity contribution in [2.24, 2.45) is 5.73 Å². The Labute approximate surface area is 101 Å². The first-order valence-electron chi connectivity index (χ1n) is 5.88. The van der Waals surface area contributed by atoms with Gasteiger partial charge in [-0.05, 0) is 37.4 Å². The Morgan fingerprint density at radius 3 is 2.88 bits per heavy atom. The van der Waals surface area contributed by atoms with Crippen molar-refractivity contribution in [2.45, 2.75) is 25.8 Å². The third-order valence-electron chi connectivity index (χ3n) is 2.89. The Bertz CT molecular complexity index is 380. The molecule has 2 rings (SSSR count). The molecule has 0 spiro atoms. The fraction of sp³-hybridized carbons (Fsp3) is 0.538.